The van der Waals surface area contributed by atoms with Gasteiger partial charge in [0, 0.05) is 0 Å². The number of carbonyl (C=O) groups excluding carboxylic acids is 2. The van der Waals surface area contributed by atoms with Crippen molar-refractivity contribution in [3.8, 4) is 0 Å². The van der Waals surface area contributed by atoms with Gasteiger partial charge < -0.3 is 9.47 Å². The van der Waals surface area contributed by atoms with E-state index in [0.717, 1.165) is 11.8 Å². The highest BCUT2D eigenvalue weighted by molar-refractivity contribution is 7.99. The largest absolute Gasteiger partial charge is 0.468 e. The fraction of sp³-hybridized carbons (Fsp3) is 0.571. The van der Waals surface area contributed by atoms with Crippen LogP contribution in [0.25, 0.3) is 0 Å². The number of tetrazole rings is 1. The van der Waals surface area contributed by atoms with Crippen LogP contribution in [0.1, 0.15) is 0 Å². The summed E-state index contributed by atoms with van der Waals surface area (Å²) in [5.74, 6) is -0.775. The molecule has 16 heavy (non-hydrogen) atoms. The van der Waals surface area contributed by atoms with Crippen LogP contribution in [0.2, 0.25) is 0 Å². The zero-order valence-corrected chi connectivity index (χ0v) is 9.56. The summed E-state index contributed by atoms with van der Waals surface area (Å²) in [6.07, 6.45) is 0. The van der Waals surface area contributed by atoms with Gasteiger partial charge in [0.15, 0.2) is 0 Å². The summed E-state index contributed by atoms with van der Waals surface area (Å²) in [4.78, 5) is 21.9. The van der Waals surface area contributed by atoms with Gasteiger partial charge in [-0.15, -0.1) is 5.10 Å². The molecule has 0 aliphatic carbocycles. The summed E-state index contributed by atoms with van der Waals surface area (Å²) in [6.45, 7) is -0.0903. The number of hydrogen-bond acceptors (Lipinski definition) is 8. The molecule has 0 aromatic carbocycles. The fourth-order valence-electron chi connectivity index (χ4n) is 0.768. The number of aromatic nitrogens is 4. The van der Waals surface area contributed by atoms with Crippen LogP contribution in [0, 0.1) is 0 Å². The third-order valence-electron chi connectivity index (χ3n) is 1.55. The van der Waals surface area contributed by atoms with E-state index in [2.05, 4.69) is 25.0 Å². The summed E-state index contributed by atoms with van der Waals surface area (Å²) < 4.78 is 10.2. The number of rotatable bonds is 5. The zero-order valence-electron chi connectivity index (χ0n) is 8.74. The average Bonchev–Trinajstić information content (AvgIpc) is 2.73. The van der Waals surface area contributed by atoms with Crippen molar-refractivity contribution in [3.05, 3.63) is 0 Å². The first-order valence-corrected chi connectivity index (χ1v) is 5.18. The van der Waals surface area contributed by atoms with Crippen LogP contribution in [0.5, 0.6) is 0 Å². The molecule has 0 bridgehead atoms. The molecule has 1 heterocycles. The lowest BCUT2D eigenvalue weighted by atomic mass is 10.7. The lowest BCUT2D eigenvalue weighted by molar-refractivity contribution is -0.141. The normalized spacial score (nSPS) is 9.88. The maximum Gasteiger partial charge on any atom is 0.327 e. The molecule has 0 unspecified atom stereocenters. The van der Waals surface area contributed by atoms with Crippen molar-refractivity contribution < 1.29 is 19.1 Å². The molecule has 9 heteroatoms. The van der Waals surface area contributed by atoms with Crippen LogP contribution in [0.15, 0.2) is 5.16 Å². The van der Waals surface area contributed by atoms with E-state index in [-0.39, 0.29) is 12.3 Å². The predicted octanol–water partition coefficient (Wildman–Crippen LogP) is -0.889. The van der Waals surface area contributed by atoms with Gasteiger partial charge in [0.1, 0.15) is 6.54 Å². The Balaban J connectivity index is 2.56. The Kier molecular flexibility index (Phi) is 4.70. The maximum atomic E-state index is 11.0. The highest BCUT2D eigenvalue weighted by Gasteiger charge is 2.12. The minimum absolute atomic E-state index is 0.0814. The maximum absolute atomic E-state index is 11.0. The lowest BCUT2D eigenvalue weighted by Crippen LogP contribution is -2.14. The molecule has 88 valence electrons. The molecule has 1 rings (SSSR count). The van der Waals surface area contributed by atoms with Gasteiger partial charge in [-0.2, -0.15) is 0 Å². The highest BCUT2D eigenvalue weighted by Crippen LogP contribution is 2.13. The molecule has 0 spiro atoms. The summed E-state index contributed by atoms with van der Waals surface area (Å²) in [6, 6.07) is 0. The summed E-state index contributed by atoms with van der Waals surface area (Å²) in [5, 5.41) is 11.0. The Morgan fingerprint density at radius 2 is 2.00 bits per heavy atom. The molecule has 0 atom stereocenters. The van der Waals surface area contributed by atoms with Crippen LogP contribution in [-0.2, 0) is 25.6 Å². The van der Waals surface area contributed by atoms with Crippen molar-refractivity contribution in [2.45, 2.75) is 11.7 Å². The molecule has 0 N–H and O–H groups in total. The van der Waals surface area contributed by atoms with Crippen LogP contribution < -0.4 is 0 Å². The first-order chi connectivity index (χ1) is 7.67. The van der Waals surface area contributed by atoms with Crippen molar-refractivity contribution in [2.24, 2.45) is 0 Å². The molecule has 0 saturated carbocycles. The summed E-state index contributed by atoms with van der Waals surface area (Å²) in [7, 11) is 2.56. The Labute approximate surface area is 95.3 Å². The summed E-state index contributed by atoms with van der Waals surface area (Å²) in [5.41, 5.74) is 0. The second kappa shape index (κ2) is 6.05. The molecule has 1 aromatic heterocycles. The van der Waals surface area contributed by atoms with E-state index in [1.54, 1.807) is 0 Å². The molecule has 0 aliphatic heterocycles. The second-order valence-corrected chi connectivity index (χ2v) is 3.50. The zero-order chi connectivity index (χ0) is 12.0. The van der Waals surface area contributed by atoms with E-state index in [1.807, 2.05) is 0 Å². The van der Waals surface area contributed by atoms with E-state index in [4.69, 9.17) is 0 Å². The number of hydrogen-bond donors (Lipinski definition) is 0. The molecule has 0 radical (unpaired) electrons. The van der Waals surface area contributed by atoms with Gasteiger partial charge in [0.2, 0.25) is 5.16 Å². The molecule has 8 nitrogen and oxygen atoms in total. The third-order valence-corrected chi connectivity index (χ3v) is 2.48. The monoisotopic (exact) mass is 246 g/mol. The van der Waals surface area contributed by atoms with Gasteiger partial charge in [-0.1, -0.05) is 11.8 Å². The molecule has 0 fully saturated rings. The summed E-state index contributed by atoms with van der Waals surface area (Å²) >= 11 is 1.08. The fourth-order valence-corrected chi connectivity index (χ4v) is 1.48. The molecule has 0 saturated heterocycles. The number of esters is 2. The van der Waals surface area contributed by atoms with E-state index in [1.165, 1.54) is 18.9 Å². The minimum atomic E-state index is -0.466. The Bertz CT molecular complexity index is 380. The van der Waals surface area contributed by atoms with Crippen molar-refractivity contribution in [3.63, 3.8) is 0 Å². The Hall–Kier alpha value is -1.64. The van der Waals surface area contributed by atoms with Crippen LogP contribution in [0.3, 0.4) is 0 Å². The van der Waals surface area contributed by atoms with Crippen LogP contribution >= 0.6 is 11.8 Å². The van der Waals surface area contributed by atoms with E-state index in [9.17, 15) is 9.59 Å². The van der Waals surface area contributed by atoms with Crippen molar-refractivity contribution in [1.82, 2.24) is 20.2 Å². The smallest absolute Gasteiger partial charge is 0.327 e. The van der Waals surface area contributed by atoms with Crippen molar-refractivity contribution in [2.75, 3.05) is 20.0 Å². The molecular formula is C7H10N4O4S. The first-order valence-electron chi connectivity index (χ1n) is 4.20. The van der Waals surface area contributed by atoms with Crippen LogP contribution in [0.4, 0.5) is 0 Å². The van der Waals surface area contributed by atoms with Gasteiger partial charge in [0.25, 0.3) is 0 Å². The van der Waals surface area contributed by atoms with E-state index in [0.29, 0.717) is 5.16 Å². The number of methoxy groups -OCH3 is 2. The van der Waals surface area contributed by atoms with Crippen LogP contribution in [-0.4, -0.2) is 52.1 Å². The van der Waals surface area contributed by atoms with E-state index >= 15 is 0 Å². The molecular weight excluding hydrogens is 236 g/mol. The topological polar surface area (TPSA) is 96.2 Å². The standard InChI is InChI=1S/C7H10N4O4S/c1-14-5(12)3-11-7(8-9-10-11)16-4-6(13)15-2/h3-4H2,1-2H3. The number of nitrogens with zero attached hydrogens (tertiary/aromatic N) is 4. The Morgan fingerprint density at radius 1 is 1.31 bits per heavy atom. The number of carbonyl (C=O) groups is 2. The quantitative estimate of drug-likeness (QED) is 0.487. The average molecular weight is 246 g/mol. The molecule has 0 aliphatic rings. The predicted molar refractivity (Wildman–Crippen MR) is 52.6 cm³/mol. The Morgan fingerprint density at radius 3 is 2.62 bits per heavy atom. The van der Waals surface area contributed by atoms with Gasteiger partial charge in [-0.3, -0.25) is 9.59 Å². The first kappa shape index (κ1) is 12.4. The minimum Gasteiger partial charge on any atom is -0.468 e. The molecule has 1 aromatic rings. The van der Waals surface area contributed by atoms with Crippen molar-refractivity contribution in [1.29, 1.82) is 0 Å². The second-order valence-electron chi connectivity index (χ2n) is 2.56. The van der Waals surface area contributed by atoms with Gasteiger partial charge in [-0.05, 0) is 10.4 Å². The number of ether oxygens (including phenoxy) is 2. The van der Waals surface area contributed by atoms with Gasteiger partial charge >= 0.3 is 11.9 Å². The highest BCUT2D eigenvalue weighted by atomic mass is 32.2. The van der Waals surface area contributed by atoms with E-state index < -0.39 is 11.9 Å². The third kappa shape index (κ3) is 3.50. The SMILES string of the molecule is COC(=O)CSc1nnnn1CC(=O)OC. The molecule has 0 amide bonds. The van der Waals surface area contributed by atoms with Gasteiger partial charge in [-0.25, -0.2) is 4.68 Å². The van der Waals surface area contributed by atoms with Gasteiger partial charge in [0.05, 0.1) is 20.0 Å². The lowest BCUT2D eigenvalue weighted by Gasteiger charge is -2.01. The van der Waals surface area contributed by atoms with Crippen molar-refractivity contribution >= 4 is 23.7 Å². The number of thioether (sulfide) groups is 1.